The summed E-state index contributed by atoms with van der Waals surface area (Å²) in [5, 5.41) is 4.04. The molecular formula is C26H41N3O2. The minimum atomic E-state index is -0.000135. The first kappa shape index (κ1) is 23.6. The summed E-state index contributed by atoms with van der Waals surface area (Å²) in [4.78, 5) is 15.4. The fraction of sp³-hybridized carbons (Fsp3) is 0.654. The maximum atomic E-state index is 12.8. The Morgan fingerprint density at radius 1 is 1.19 bits per heavy atom. The van der Waals surface area contributed by atoms with Gasteiger partial charge in [-0.3, -0.25) is 4.79 Å². The van der Waals surface area contributed by atoms with E-state index in [0.29, 0.717) is 12.5 Å². The second-order valence-electron chi connectivity index (χ2n) is 9.48. The Morgan fingerprint density at radius 3 is 2.65 bits per heavy atom. The smallest absolute Gasteiger partial charge is 0.253 e. The van der Waals surface area contributed by atoms with Crippen molar-refractivity contribution < 1.29 is 9.53 Å². The molecule has 1 N–H and O–H groups in total. The number of hydrogen-bond acceptors (Lipinski definition) is 3. The highest BCUT2D eigenvalue weighted by molar-refractivity contribution is 6.08. The van der Waals surface area contributed by atoms with Crippen molar-refractivity contribution in [2.45, 2.75) is 65.8 Å². The van der Waals surface area contributed by atoms with Crippen LogP contribution in [0.4, 0.5) is 0 Å². The van der Waals surface area contributed by atoms with Gasteiger partial charge < -0.3 is 19.5 Å². The molecule has 0 aliphatic carbocycles. The van der Waals surface area contributed by atoms with E-state index in [4.69, 9.17) is 4.74 Å². The number of nitrogens with zero attached hydrogens (tertiary/aromatic N) is 2. The number of fused-ring (bicyclic) bond motifs is 1. The number of carbonyl (C=O) groups is 1. The van der Waals surface area contributed by atoms with Crippen LogP contribution in [0.2, 0.25) is 0 Å². The molecule has 3 rings (SSSR count). The van der Waals surface area contributed by atoms with Crippen LogP contribution in [-0.4, -0.2) is 48.7 Å². The van der Waals surface area contributed by atoms with Crippen LogP contribution in [0.3, 0.4) is 0 Å². The van der Waals surface area contributed by atoms with Crippen molar-refractivity contribution in [1.29, 1.82) is 0 Å². The highest BCUT2D eigenvalue weighted by atomic mass is 16.5. The van der Waals surface area contributed by atoms with Gasteiger partial charge in [-0.1, -0.05) is 52.2 Å². The molecule has 0 unspecified atom stereocenters. The van der Waals surface area contributed by atoms with Gasteiger partial charge in [-0.25, -0.2) is 0 Å². The first-order valence-corrected chi connectivity index (χ1v) is 12.2. The summed E-state index contributed by atoms with van der Waals surface area (Å²) in [5.74, 6) is 2.19. The molecule has 31 heavy (non-hydrogen) atoms. The lowest BCUT2D eigenvalue weighted by molar-refractivity contribution is 0.0950. The number of amides is 1. The predicted octanol–water partition coefficient (Wildman–Crippen LogP) is 5.33. The molecule has 172 valence electrons. The highest BCUT2D eigenvalue weighted by Gasteiger charge is 2.20. The fourth-order valence-electron chi connectivity index (χ4n) is 4.70. The average Bonchev–Trinajstić information content (AvgIpc) is 3.16. The lowest BCUT2D eigenvalue weighted by Crippen LogP contribution is -2.34. The van der Waals surface area contributed by atoms with Crippen LogP contribution in [0.15, 0.2) is 24.4 Å². The Balaban J connectivity index is 1.64. The Hall–Kier alpha value is -2.01. The van der Waals surface area contributed by atoms with Crippen molar-refractivity contribution in [2.24, 2.45) is 11.8 Å². The van der Waals surface area contributed by atoms with E-state index in [1.807, 2.05) is 24.4 Å². The lowest BCUT2D eigenvalue weighted by atomic mass is 9.91. The molecule has 0 saturated carbocycles. The van der Waals surface area contributed by atoms with Crippen molar-refractivity contribution in [2.75, 3.05) is 33.3 Å². The van der Waals surface area contributed by atoms with Crippen LogP contribution in [-0.2, 0) is 6.54 Å². The number of piperidine rings is 1. The van der Waals surface area contributed by atoms with Crippen molar-refractivity contribution in [3.8, 4) is 5.75 Å². The maximum absolute atomic E-state index is 12.8. The zero-order chi connectivity index (χ0) is 22.2. The van der Waals surface area contributed by atoms with Gasteiger partial charge in [0, 0.05) is 24.7 Å². The number of likely N-dealkylation sites (tertiary alicyclic amines) is 1. The van der Waals surface area contributed by atoms with Crippen molar-refractivity contribution in [1.82, 2.24) is 14.8 Å². The molecule has 0 spiro atoms. The number of ether oxygens (including phenoxy) is 1. The molecule has 1 amide bonds. The van der Waals surface area contributed by atoms with Gasteiger partial charge in [0.15, 0.2) is 0 Å². The van der Waals surface area contributed by atoms with E-state index in [0.717, 1.165) is 47.6 Å². The third-order valence-corrected chi connectivity index (χ3v) is 6.54. The molecule has 5 nitrogen and oxygen atoms in total. The molecule has 1 saturated heterocycles. The summed E-state index contributed by atoms with van der Waals surface area (Å²) in [6.07, 6.45) is 9.88. The van der Waals surface area contributed by atoms with Crippen LogP contribution in [0.5, 0.6) is 5.75 Å². The summed E-state index contributed by atoms with van der Waals surface area (Å²) < 4.78 is 7.85. The third kappa shape index (κ3) is 6.25. The molecule has 0 atom stereocenters. The quantitative estimate of drug-likeness (QED) is 0.527. The second-order valence-corrected chi connectivity index (χ2v) is 9.48. The Morgan fingerprint density at radius 2 is 1.97 bits per heavy atom. The van der Waals surface area contributed by atoms with Crippen LogP contribution in [0.25, 0.3) is 10.9 Å². The second kappa shape index (κ2) is 11.6. The van der Waals surface area contributed by atoms with Crippen LogP contribution in [0.1, 0.15) is 69.7 Å². The van der Waals surface area contributed by atoms with Gasteiger partial charge in [0.1, 0.15) is 5.75 Å². The van der Waals surface area contributed by atoms with E-state index in [1.54, 1.807) is 7.11 Å². The SMILES string of the molecule is CCCCC1CCN(CCCn2cc(C(=O)NCC(C)C)c3cccc(OC)c32)CC1. The molecule has 1 aliphatic heterocycles. The number of rotatable bonds is 11. The number of para-hydroxylation sites is 1. The molecule has 0 bridgehead atoms. The molecule has 1 aliphatic rings. The van der Waals surface area contributed by atoms with Gasteiger partial charge in [-0.05, 0) is 56.8 Å². The van der Waals surface area contributed by atoms with E-state index in [-0.39, 0.29) is 5.91 Å². The normalized spacial score (nSPS) is 15.6. The van der Waals surface area contributed by atoms with E-state index in [1.165, 1.54) is 45.2 Å². The Kier molecular flexibility index (Phi) is 8.82. The van der Waals surface area contributed by atoms with Crippen molar-refractivity contribution >= 4 is 16.8 Å². The van der Waals surface area contributed by atoms with Gasteiger partial charge in [-0.15, -0.1) is 0 Å². The molecule has 1 aromatic heterocycles. The molecule has 5 heteroatoms. The molecule has 2 heterocycles. The minimum absolute atomic E-state index is 0.000135. The molecule has 0 radical (unpaired) electrons. The summed E-state index contributed by atoms with van der Waals surface area (Å²) in [6, 6.07) is 5.98. The van der Waals surface area contributed by atoms with Crippen LogP contribution in [0, 0.1) is 11.8 Å². The van der Waals surface area contributed by atoms with Crippen LogP contribution < -0.4 is 10.1 Å². The summed E-state index contributed by atoms with van der Waals surface area (Å²) in [5.41, 5.74) is 1.77. The van der Waals surface area contributed by atoms with E-state index < -0.39 is 0 Å². The number of methoxy groups -OCH3 is 1. The lowest BCUT2D eigenvalue weighted by Gasteiger charge is -2.32. The largest absolute Gasteiger partial charge is 0.495 e. The zero-order valence-electron chi connectivity index (χ0n) is 20.0. The summed E-state index contributed by atoms with van der Waals surface area (Å²) in [6.45, 7) is 11.7. The number of unbranched alkanes of at least 4 members (excludes halogenated alkanes) is 1. The first-order valence-electron chi connectivity index (χ1n) is 12.2. The third-order valence-electron chi connectivity index (χ3n) is 6.54. The number of nitrogens with one attached hydrogen (secondary N) is 1. The van der Waals surface area contributed by atoms with Crippen LogP contribution >= 0.6 is 0 Å². The van der Waals surface area contributed by atoms with Gasteiger partial charge in [0.2, 0.25) is 0 Å². The zero-order valence-corrected chi connectivity index (χ0v) is 20.0. The molecule has 2 aromatic rings. The minimum Gasteiger partial charge on any atom is -0.495 e. The van der Waals surface area contributed by atoms with E-state index in [2.05, 4.69) is 35.6 Å². The number of aryl methyl sites for hydroxylation is 1. The number of benzene rings is 1. The summed E-state index contributed by atoms with van der Waals surface area (Å²) in [7, 11) is 1.70. The first-order chi connectivity index (χ1) is 15.0. The van der Waals surface area contributed by atoms with E-state index >= 15 is 0 Å². The van der Waals surface area contributed by atoms with Gasteiger partial charge in [-0.2, -0.15) is 0 Å². The summed E-state index contributed by atoms with van der Waals surface area (Å²) >= 11 is 0. The van der Waals surface area contributed by atoms with Gasteiger partial charge >= 0.3 is 0 Å². The monoisotopic (exact) mass is 427 g/mol. The predicted molar refractivity (Wildman–Crippen MR) is 129 cm³/mol. The maximum Gasteiger partial charge on any atom is 0.253 e. The highest BCUT2D eigenvalue weighted by Crippen LogP contribution is 2.30. The van der Waals surface area contributed by atoms with Crippen molar-refractivity contribution in [3.05, 3.63) is 30.0 Å². The number of aromatic nitrogens is 1. The average molecular weight is 428 g/mol. The Bertz CT molecular complexity index is 835. The Labute approximate surface area is 188 Å². The van der Waals surface area contributed by atoms with Gasteiger partial charge in [0.05, 0.1) is 18.2 Å². The molecule has 1 aromatic carbocycles. The fourth-order valence-corrected chi connectivity index (χ4v) is 4.70. The number of hydrogen-bond donors (Lipinski definition) is 1. The molecular weight excluding hydrogens is 386 g/mol. The standard InChI is InChI=1S/C26H41N3O2/c1-5-6-9-21-12-16-28(17-13-21)14-8-15-29-19-23(26(30)27-18-20(2)3)22-10-7-11-24(31-4)25(22)29/h7,10-11,19-21H,5-6,8-9,12-18H2,1-4H3,(H,27,30). The topological polar surface area (TPSA) is 46.5 Å². The van der Waals surface area contributed by atoms with Crippen molar-refractivity contribution in [3.63, 3.8) is 0 Å². The van der Waals surface area contributed by atoms with E-state index in [9.17, 15) is 4.79 Å². The molecule has 1 fully saturated rings. The number of carbonyl (C=O) groups excluding carboxylic acids is 1. The van der Waals surface area contributed by atoms with Gasteiger partial charge in [0.25, 0.3) is 5.91 Å².